The maximum atomic E-state index is 2.39. The molecule has 0 radical (unpaired) electrons. The minimum Gasteiger partial charge on any atom is -0.0648 e. The van der Waals surface area contributed by atoms with Crippen molar-refractivity contribution in [2.75, 3.05) is 0 Å². The third kappa shape index (κ3) is 1.74. The van der Waals surface area contributed by atoms with E-state index in [-0.39, 0.29) is 0 Å². The van der Waals surface area contributed by atoms with Gasteiger partial charge in [0.1, 0.15) is 0 Å². The fourth-order valence-electron chi connectivity index (χ4n) is 1.48. The van der Waals surface area contributed by atoms with Crippen molar-refractivity contribution in [3.8, 4) is 0 Å². The van der Waals surface area contributed by atoms with Crippen LogP contribution in [0.3, 0.4) is 0 Å². The van der Waals surface area contributed by atoms with Crippen molar-refractivity contribution in [2.24, 2.45) is 17.3 Å². The first-order chi connectivity index (χ1) is 4.45. The molecule has 0 aliphatic heterocycles. The van der Waals surface area contributed by atoms with Gasteiger partial charge < -0.3 is 0 Å². The van der Waals surface area contributed by atoms with Gasteiger partial charge in [0.05, 0.1) is 0 Å². The lowest BCUT2D eigenvalue weighted by Crippen LogP contribution is -2.28. The molecule has 0 aromatic carbocycles. The van der Waals surface area contributed by atoms with Gasteiger partial charge in [-0.15, -0.1) is 0 Å². The van der Waals surface area contributed by atoms with E-state index in [4.69, 9.17) is 0 Å². The monoisotopic (exact) mass is 142 g/mol. The minimum absolute atomic E-state index is 0.542. The van der Waals surface area contributed by atoms with E-state index in [0.29, 0.717) is 5.41 Å². The first kappa shape index (κ1) is 10.0. The highest BCUT2D eigenvalue weighted by atomic mass is 14.3. The van der Waals surface area contributed by atoms with E-state index < -0.39 is 0 Å². The van der Waals surface area contributed by atoms with Gasteiger partial charge in [0.2, 0.25) is 0 Å². The van der Waals surface area contributed by atoms with Crippen molar-refractivity contribution < 1.29 is 0 Å². The summed E-state index contributed by atoms with van der Waals surface area (Å²) < 4.78 is 0. The van der Waals surface area contributed by atoms with Crippen LogP contribution in [0.1, 0.15) is 48.0 Å². The smallest absolute Gasteiger partial charge is 0.0282 e. The summed E-state index contributed by atoms with van der Waals surface area (Å²) in [5.74, 6) is 1.61. The predicted octanol–water partition coefficient (Wildman–Crippen LogP) is 3.71. The van der Waals surface area contributed by atoms with E-state index in [2.05, 4.69) is 41.5 Å². The van der Waals surface area contributed by atoms with Crippen LogP contribution >= 0.6 is 0 Å². The van der Waals surface area contributed by atoms with Crippen molar-refractivity contribution in [1.29, 1.82) is 0 Å². The molecule has 0 spiro atoms. The Morgan fingerprint density at radius 2 is 1.30 bits per heavy atom. The van der Waals surface area contributed by atoms with E-state index in [1.807, 2.05) is 0 Å². The van der Waals surface area contributed by atoms with Gasteiger partial charge in [-0.25, -0.2) is 0 Å². The second kappa shape index (κ2) is 3.41. The molecule has 0 aliphatic rings. The molecule has 0 unspecified atom stereocenters. The fourth-order valence-corrected chi connectivity index (χ4v) is 1.48. The summed E-state index contributed by atoms with van der Waals surface area (Å²) in [4.78, 5) is 0. The zero-order chi connectivity index (χ0) is 8.36. The molecule has 0 heterocycles. The van der Waals surface area contributed by atoms with Gasteiger partial charge in [0.15, 0.2) is 0 Å². The van der Waals surface area contributed by atoms with E-state index in [1.54, 1.807) is 0 Å². The molecule has 0 aromatic heterocycles. The number of rotatable bonds is 3. The molecular weight excluding hydrogens is 120 g/mol. The Hall–Kier alpha value is 0. The standard InChI is InChI=1S/C10H22/c1-7-10(6,8(2)3)9(4)5/h8-9H,7H2,1-6H3. The Bertz CT molecular complexity index is 82.2. The molecular formula is C10H22. The Morgan fingerprint density at radius 1 is 1.00 bits per heavy atom. The van der Waals surface area contributed by atoms with Crippen LogP contribution < -0.4 is 0 Å². The molecule has 0 saturated carbocycles. The quantitative estimate of drug-likeness (QED) is 0.563. The molecule has 0 heteroatoms. The third-order valence-electron chi connectivity index (χ3n) is 3.40. The highest BCUT2D eigenvalue weighted by molar-refractivity contribution is 4.78. The molecule has 0 rings (SSSR count). The first-order valence-electron chi connectivity index (χ1n) is 4.45. The molecule has 62 valence electrons. The summed E-state index contributed by atoms with van der Waals surface area (Å²) in [5.41, 5.74) is 0.542. The minimum atomic E-state index is 0.542. The van der Waals surface area contributed by atoms with Gasteiger partial charge in [-0.3, -0.25) is 0 Å². The van der Waals surface area contributed by atoms with E-state index in [9.17, 15) is 0 Å². The molecule has 0 fully saturated rings. The van der Waals surface area contributed by atoms with Crippen LogP contribution in [-0.2, 0) is 0 Å². The maximum Gasteiger partial charge on any atom is -0.0282 e. The van der Waals surface area contributed by atoms with Crippen molar-refractivity contribution in [2.45, 2.75) is 48.0 Å². The highest BCUT2D eigenvalue weighted by Crippen LogP contribution is 2.38. The Kier molecular flexibility index (Phi) is 3.41. The largest absolute Gasteiger partial charge is 0.0648 e. The highest BCUT2D eigenvalue weighted by Gasteiger charge is 2.29. The van der Waals surface area contributed by atoms with Gasteiger partial charge in [-0.2, -0.15) is 0 Å². The molecule has 0 amide bonds. The molecule has 0 saturated heterocycles. The van der Waals surface area contributed by atoms with Gasteiger partial charge in [-0.1, -0.05) is 48.0 Å². The molecule has 10 heavy (non-hydrogen) atoms. The van der Waals surface area contributed by atoms with Crippen LogP contribution in [-0.4, -0.2) is 0 Å². The first-order valence-corrected chi connectivity index (χ1v) is 4.45. The molecule has 0 nitrogen and oxygen atoms in total. The van der Waals surface area contributed by atoms with Gasteiger partial charge in [0.25, 0.3) is 0 Å². The van der Waals surface area contributed by atoms with Gasteiger partial charge in [0, 0.05) is 0 Å². The van der Waals surface area contributed by atoms with Crippen LogP contribution in [0.2, 0.25) is 0 Å². The molecule has 0 aliphatic carbocycles. The number of hydrogen-bond acceptors (Lipinski definition) is 0. The number of hydrogen-bond donors (Lipinski definition) is 0. The second-order valence-corrected chi connectivity index (χ2v) is 4.17. The van der Waals surface area contributed by atoms with E-state index in [0.717, 1.165) is 11.8 Å². The fraction of sp³-hybridized carbons (Fsp3) is 1.00. The summed E-state index contributed by atoms with van der Waals surface area (Å²) in [6.07, 6.45) is 1.29. The summed E-state index contributed by atoms with van der Waals surface area (Å²) in [6.45, 7) is 14.0. The van der Waals surface area contributed by atoms with Crippen LogP contribution in [0, 0.1) is 17.3 Å². The average molecular weight is 142 g/mol. The predicted molar refractivity (Wildman–Crippen MR) is 48.1 cm³/mol. The van der Waals surface area contributed by atoms with Crippen molar-refractivity contribution in [3.63, 3.8) is 0 Å². The van der Waals surface area contributed by atoms with Crippen LogP contribution in [0.5, 0.6) is 0 Å². The van der Waals surface area contributed by atoms with Crippen LogP contribution in [0.4, 0.5) is 0 Å². The summed E-state index contributed by atoms with van der Waals surface area (Å²) in [6, 6.07) is 0. The molecule has 0 atom stereocenters. The van der Waals surface area contributed by atoms with Gasteiger partial charge in [-0.05, 0) is 17.3 Å². The van der Waals surface area contributed by atoms with Gasteiger partial charge >= 0.3 is 0 Å². The zero-order valence-electron chi connectivity index (χ0n) is 8.36. The molecule has 0 aromatic rings. The van der Waals surface area contributed by atoms with Crippen molar-refractivity contribution in [3.05, 3.63) is 0 Å². The van der Waals surface area contributed by atoms with Crippen LogP contribution in [0.25, 0.3) is 0 Å². The van der Waals surface area contributed by atoms with Crippen molar-refractivity contribution in [1.82, 2.24) is 0 Å². The normalized spacial score (nSPS) is 13.2. The SMILES string of the molecule is CCC(C)(C(C)C)C(C)C. The maximum absolute atomic E-state index is 2.39. The van der Waals surface area contributed by atoms with E-state index in [1.165, 1.54) is 6.42 Å². The third-order valence-corrected chi connectivity index (χ3v) is 3.40. The summed E-state index contributed by atoms with van der Waals surface area (Å²) in [7, 11) is 0. The Morgan fingerprint density at radius 3 is 1.30 bits per heavy atom. The lowest BCUT2D eigenvalue weighted by atomic mass is 9.69. The lowest BCUT2D eigenvalue weighted by Gasteiger charge is -2.36. The topological polar surface area (TPSA) is 0 Å². The second-order valence-electron chi connectivity index (χ2n) is 4.17. The average Bonchev–Trinajstić information content (AvgIpc) is 1.85. The summed E-state index contributed by atoms with van der Waals surface area (Å²) in [5, 5.41) is 0. The van der Waals surface area contributed by atoms with Crippen LogP contribution in [0.15, 0.2) is 0 Å². The van der Waals surface area contributed by atoms with Crippen molar-refractivity contribution >= 4 is 0 Å². The van der Waals surface area contributed by atoms with E-state index >= 15 is 0 Å². The molecule has 0 N–H and O–H groups in total. The molecule has 0 bridgehead atoms. The lowest BCUT2D eigenvalue weighted by molar-refractivity contribution is 0.131. The summed E-state index contributed by atoms with van der Waals surface area (Å²) >= 11 is 0. The zero-order valence-corrected chi connectivity index (χ0v) is 8.36. The Labute approximate surface area is 66.0 Å². The Balaban J connectivity index is 4.23.